The van der Waals surface area contributed by atoms with Gasteiger partial charge >= 0.3 is 57.4 Å². The van der Waals surface area contributed by atoms with E-state index in [1.54, 1.807) is 32.9 Å². The first-order valence-electron chi connectivity index (χ1n) is 5.66. The Morgan fingerprint density at radius 3 is 2.53 bits per heavy atom. The van der Waals surface area contributed by atoms with E-state index in [4.69, 9.17) is 4.74 Å². The molecule has 0 N–H and O–H groups in total. The minimum absolute atomic E-state index is 0. The van der Waals surface area contributed by atoms with Crippen LogP contribution in [0.25, 0.3) is 0 Å². The van der Waals surface area contributed by atoms with E-state index in [2.05, 4.69) is 4.98 Å². The molecule has 0 aliphatic rings. The van der Waals surface area contributed by atoms with Gasteiger partial charge in [-0.25, -0.2) is 0 Å². The van der Waals surface area contributed by atoms with E-state index in [0.29, 0.717) is 5.56 Å². The van der Waals surface area contributed by atoms with Crippen LogP contribution in [0, 0.1) is 0 Å². The van der Waals surface area contributed by atoms with Crippen LogP contribution < -0.4 is 56.5 Å². The molecule has 0 unspecified atom stereocenters. The van der Waals surface area contributed by atoms with Gasteiger partial charge < -0.3 is 14.6 Å². The van der Waals surface area contributed by atoms with Crippen molar-refractivity contribution in [1.29, 1.82) is 0 Å². The Labute approximate surface area is 155 Å². The van der Waals surface area contributed by atoms with Crippen LogP contribution in [-0.2, 0) is 16.0 Å². The third kappa shape index (κ3) is 7.17. The fourth-order valence-corrected chi connectivity index (χ4v) is 1.45. The quantitative estimate of drug-likeness (QED) is 0.461. The zero-order valence-electron chi connectivity index (χ0n) is 11.7. The average Bonchev–Trinajstić information content (AvgIpc) is 2.24. The summed E-state index contributed by atoms with van der Waals surface area (Å²) in [4.78, 5) is 26.0. The number of aryl methyl sites for hydroxylation is 1. The molecular formula is C13H16KNO4. The first kappa shape index (κ1) is 18.7. The number of rotatable bonds is 4. The van der Waals surface area contributed by atoms with Crippen molar-refractivity contribution in [3.63, 3.8) is 0 Å². The molecule has 0 radical (unpaired) electrons. The molecule has 1 aromatic heterocycles. The van der Waals surface area contributed by atoms with E-state index < -0.39 is 11.6 Å². The van der Waals surface area contributed by atoms with E-state index in [1.165, 1.54) is 6.20 Å². The van der Waals surface area contributed by atoms with Crippen molar-refractivity contribution in [2.75, 3.05) is 0 Å². The molecule has 5 nitrogen and oxygen atoms in total. The first-order chi connectivity index (χ1) is 8.29. The van der Waals surface area contributed by atoms with Gasteiger partial charge in [-0.3, -0.25) is 9.78 Å². The van der Waals surface area contributed by atoms with E-state index in [1.807, 2.05) is 0 Å². The Morgan fingerprint density at radius 2 is 2.00 bits per heavy atom. The predicted octanol–water partition coefficient (Wildman–Crippen LogP) is -2.28. The SMILES string of the molecule is CC(C)(C)OC(=O)CCc1cccnc1C(=O)[O-].[K+]. The van der Waals surface area contributed by atoms with Gasteiger partial charge in [0.1, 0.15) is 5.60 Å². The zero-order chi connectivity index (χ0) is 13.8. The molecule has 0 saturated carbocycles. The number of pyridine rings is 1. The van der Waals surface area contributed by atoms with Gasteiger partial charge in [0, 0.05) is 12.6 Å². The Kier molecular flexibility index (Phi) is 7.99. The van der Waals surface area contributed by atoms with Crippen LogP contribution in [0.5, 0.6) is 0 Å². The van der Waals surface area contributed by atoms with E-state index >= 15 is 0 Å². The van der Waals surface area contributed by atoms with Gasteiger partial charge in [0.2, 0.25) is 0 Å². The molecule has 0 fully saturated rings. The van der Waals surface area contributed by atoms with Crippen molar-refractivity contribution in [2.24, 2.45) is 0 Å². The molecule has 0 spiro atoms. The number of carbonyl (C=O) groups excluding carboxylic acids is 2. The summed E-state index contributed by atoms with van der Waals surface area (Å²) in [5.41, 5.74) is -0.187. The molecule has 0 aliphatic carbocycles. The smallest absolute Gasteiger partial charge is 0.543 e. The molecule has 0 atom stereocenters. The second-order valence-electron chi connectivity index (χ2n) is 4.89. The number of ether oxygens (including phenoxy) is 1. The molecule has 0 amide bonds. The number of nitrogens with zero attached hydrogens (tertiary/aromatic N) is 1. The molecule has 6 heteroatoms. The van der Waals surface area contributed by atoms with Crippen molar-refractivity contribution in [2.45, 2.75) is 39.2 Å². The number of carboxylic acid groups (broad SMARTS) is 1. The van der Waals surface area contributed by atoms with Crippen LogP contribution in [0.15, 0.2) is 18.3 Å². The van der Waals surface area contributed by atoms with E-state index in [0.717, 1.165) is 0 Å². The first-order valence-corrected chi connectivity index (χ1v) is 5.66. The molecule has 1 aromatic rings. The molecule has 0 bridgehead atoms. The van der Waals surface area contributed by atoms with Crippen molar-refractivity contribution < 1.29 is 70.8 Å². The largest absolute Gasteiger partial charge is 1.00 e. The summed E-state index contributed by atoms with van der Waals surface area (Å²) < 4.78 is 5.14. The normalized spacial score (nSPS) is 10.5. The van der Waals surface area contributed by atoms with Gasteiger partial charge in [-0.05, 0) is 38.8 Å². The number of aromatic nitrogens is 1. The van der Waals surface area contributed by atoms with Gasteiger partial charge in [0.25, 0.3) is 0 Å². The van der Waals surface area contributed by atoms with Crippen LogP contribution in [-0.4, -0.2) is 22.5 Å². The van der Waals surface area contributed by atoms with Crippen LogP contribution in [0.4, 0.5) is 0 Å². The molecule has 98 valence electrons. The van der Waals surface area contributed by atoms with Crippen LogP contribution in [0.1, 0.15) is 43.2 Å². The van der Waals surface area contributed by atoms with Crippen LogP contribution in [0.2, 0.25) is 0 Å². The van der Waals surface area contributed by atoms with Gasteiger partial charge in [0.05, 0.1) is 11.7 Å². The molecule has 1 heterocycles. The van der Waals surface area contributed by atoms with E-state index in [9.17, 15) is 14.7 Å². The summed E-state index contributed by atoms with van der Waals surface area (Å²) >= 11 is 0. The molecule has 19 heavy (non-hydrogen) atoms. The number of carboxylic acids is 1. The topological polar surface area (TPSA) is 79.3 Å². The number of esters is 1. The number of hydrogen-bond donors (Lipinski definition) is 0. The van der Waals surface area contributed by atoms with Crippen LogP contribution in [0.3, 0.4) is 0 Å². The molecule has 1 rings (SSSR count). The fourth-order valence-electron chi connectivity index (χ4n) is 1.45. The second-order valence-corrected chi connectivity index (χ2v) is 4.89. The third-order valence-corrected chi connectivity index (χ3v) is 2.10. The molecule has 0 aromatic carbocycles. The van der Waals surface area contributed by atoms with Crippen LogP contribution >= 0.6 is 0 Å². The standard InChI is InChI=1S/C13H17NO4.K/c1-13(2,3)18-10(15)7-6-9-5-4-8-14-11(9)12(16)17;/h4-5,8H,6-7H2,1-3H3,(H,16,17);/q;+1/p-1. The maximum absolute atomic E-state index is 11.5. The Balaban J connectivity index is 0.00000324. The fraction of sp³-hybridized carbons (Fsp3) is 0.462. The molecule has 0 aliphatic heterocycles. The number of carbonyl (C=O) groups is 2. The Bertz CT molecular complexity index is 454. The Hall–Kier alpha value is -0.274. The maximum atomic E-state index is 11.5. The molecular weight excluding hydrogens is 273 g/mol. The zero-order valence-corrected chi connectivity index (χ0v) is 14.8. The summed E-state index contributed by atoms with van der Waals surface area (Å²) in [7, 11) is 0. The summed E-state index contributed by atoms with van der Waals surface area (Å²) in [5, 5.41) is 10.8. The van der Waals surface area contributed by atoms with Crippen molar-refractivity contribution in [1.82, 2.24) is 4.98 Å². The predicted molar refractivity (Wildman–Crippen MR) is 62.7 cm³/mol. The van der Waals surface area contributed by atoms with Crippen molar-refractivity contribution >= 4 is 11.9 Å². The third-order valence-electron chi connectivity index (χ3n) is 2.10. The summed E-state index contributed by atoms with van der Waals surface area (Å²) in [6.07, 6.45) is 1.76. The molecule has 0 saturated heterocycles. The monoisotopic (exact) mass is 289 g/mol. The minimum Gasteiger partial charge on any atom is -0.543 e. The summed E-state index contributed by atoms with van der Waals surface area (Å²) in [5.74, 6) is -1.70. The van der Waals surface area contributed by atoms with Crippen molar-refractivity contribution in [3.8, 4) is 0 Å². The van der Waals surface area contributed by atoms with Gasteiger partial charge in [-0.15, -0.1) is 0 Å². The van der Waals surface area contributed by atoms with Gasteiger partial charge in [0.15, 0.2) is 0 Å². The summed E-state index contributed by atoms with van der Waals surface area (Å²) in [6, 6.07) is 3.24. The second kappa shape index (κ2) is 8.11. The number of aromatic carboxylic acids is 1. The number of hydrogen-bond acceptors (Lipinski definition) is 5. The van der Waals surface area contributed by atoms with E-state index in [-0.39, 0.29) is 75.9 Å². The average molecular weight is 289 g/mol. The van der Waals surface area contributed by atoms with Gasteiger partial charge in [-0.1, -0.05) is 6.07 Å². The summed E-state index contributed by atoms with van der Waals surface area (Å²) in [6.45, 7) is 5.34. The maximum Gasteiger partial charge on any atom is 1.00 e. The minimum atomic E-state index is -1.34. The van der Waals surface area contributed by atoms with Crippen molar-refractivity contribution in [3.05, 3.63) is 29.6 Å². The Morgan fingerprint density at radius 1 is 1.37 bits per heavy atom. The van der Waals surface area contributed by atoms with Gasteiger partial charge in [-0.2, -0.15) is 0 Å².